The first-order valence-electron chi connectivity index (χ1n) is 5.52. The summed E-state index contributed by atoms with van der Waals surface area (Å²) in [6.07, 6.45) is 0. The summed E-state index contributed by atoms with van der Waals surface area (Å²) < 4.78 is 25.1. The molecule has 2 aromatic rings. The Morgan fingerprint density at radius 2 is 1.90 bits per heavy atom. The first-order valence-corrected chi connectivity index (χ1v) is 6.63. The van der Waals surface area contributed by atoms with Gasteiger partial charge in [-0.2, -0.15) is 0 Å². The summed E-state index contributed by atoms with van der Waals surface area (Å²) in [5.41, 5.74) is 0.864. The number of hydrogen-bond donors (Lipinski definition) is 2. The average Bonchev–Trinajstić information content (AvgIpc) is 2.45. The summed E-state index contributed by atoms with van der Waals surface area (Å²) in [7, 11) is 0. The van der Waals surface area contributed by atoms with Crippen molar-refractivity contribution in [2.75, 3.05) is 0 Å². The maximum absolute atomic E-state index is 11.0. The molecule has 2 N–H and O–H groups in total. The van der Waals surface area contributed by atoms with Crippen LogP contribution in [0.1, 0.15) is 5.56 Å². The fourth-order valence-corrected chi connectivity index (χ4v) is 1.85. The zero-order valence-electron chi connectivity index (χ0n) is 10.2. The summed E-state index contributed by atoms with van der Waals surface area (Å²) in [5.74, 6) is -0.457. The Balaban J connectivity index is 2.23. The van der Waals surface area contributed by atoms with E-state index < -0.39 is 21.8 Å². The van der Waals surface area contributed by atoms with Crippen LogP contribution in [0, 0.1) is 4.91 Å². The quantitative estimate of drug-likeness (QED) is 0.647. The molecule has 0 aliphatic carbocycles. The second kappa shape index (κ2) is 6.22. The Morgan fingerprint density at radius 1 is 1.20 bits per heavy atom. The predicted molar refractivity (Wildman–Crippen MR) is 69.1 cm³/mol. The molecule has 0 aliphatic heterocycles. The van der Waals surface area contributed by atoms with E-state index in [1.54, 1.807) is 0 Å². The number of ether oxygens (including phenoxy) is 1. The van der Waals surface area contributed by atoms with E-state index in [0.717, 1.165) is 5.56 Å². The number of benzene rings is 1. The normalized spacial score (nSPS) is 11.8. The number of nitrogens with zero attached hydrogens (tertiary/aromatic N) is 2. The van der Waals surface area contributed by atoms with Gasteiger partial charge in [0.2, 0.25) is 16.8 Å². The van der Waals surface area contributed by atoms with Crippen molar-refractivity contribution >= 4 is 16.9 Å². The molecule has 0 saturated carbocycles. The van der Waals surface area contributed by atoms with Crippen molar-refractivity contribution in [1.82, 2.24) is 4.98 Å². The average molecular weight is 295 g/mol. The SMILES string of the molecule is O=[N+](O)c1nc(S(=O)O)ccc1OCc1ccccc1. The molecule has 1 heterocycles. The van der Waals surface area contributed by atoms with Crippen molar-refractivity contribution in [2.45, 2.75) is 11.6 Å². The summed E-state index contributed by atoms with van der Waals surface area (Å²) in [6, 6.07) is 11.7. The molecule has 1 unspecified atom stereocenters. The molecule has 0 aliphatic rings. The fraction of sp³-hybridized carbons (Fsp3) is 0.0833. The fourth-order valence-electron chi connectivity index (χ4n) is 1.50. The highest BCUT2D eigenvalue weighted by molar-refractivity contribution is 7.79. The molecule has 0 fully saturated rings. The molecule has 0 spiro atoms. The van der Waals surface area contributed by atoms with Gasteiger partial charge in [-0.05, 0) is 21.5 Å². The summed E-state index contributed by atoms with van der Waals surface area (Å²) in [5, 5.41) is 8.71. The summed E-state index contributed by atoms with van der Waals surface area (Å²) in [6.45, 7) is 0.172. The Bertz CT molecular complexity index is 648. The van der Waals surface area contributed by atoms with Gasteiger partial charge in [0.1, 0.15) is 6.61 Å². The Kier molecular flexibility index (Phi) is 4.38. The minimum absolute atomic E-state index is 0.0144. The third-order valence-electron chi connectivity index (χ3n) is 2.41. The summed E-state index contributed by atoms with van der Waals surface area (Å²) >= 11 is -2.35. The van der Waals surface area contributed by atoms with Crippen LogP contribution in [0.25, 0.3) is 0 Å². The monoisotopic (exact) mass is 295 g/mol. The van der Waals surface area contributed by atoms with Crippen LogP contribution in [0.4, 0.5) is 5.82 Å². The lowest BCUT2D eigenvalue weighted by Gasteiger charge is -2.04. The third-order valence-corrected chi connectivity index (χ3v) is 3.00. The molecule has 1 aromatic heterocycles. The Morgan fingerprint density at radius 3 is 2.50 bits per heavy atom. The first kappa shape index (κ1) is 14.1. The number of pyridine rings is 1. The second-order valence-corrected chi connectivity index (χ2v) is 4.68. The number of rotatable bonds is 5. The van der Waals surface area contributed by atoms with Crippen molar-refractivity contribution in [3.05, 3.63) is 52.9 Å². The lowest BCUT2D eigenvalue weighted by Crippen LogP contribution is -2.04. The standard InChI is InChI=1S/C12H10N2O5S/c15-14(16)12-10(6-7-11(13-12)20(17)18)19-8-9-4-2-1-3-5-9/h1-7H,8H2,(H-,15,16,17,18)/p+1. The van der Waals surface area contributed by atoms with Gasteiger partial charge in [0.15, 0.2) is 4.92 Å². The largest absolute Gasteiger partial charge is 0.481 e. The van der Waals surface area contributed by atoms with Crippen molar-refractivity contribution in [3.8, 4) is 5.75 Å². The highest BCUT2D eigenvalue weighted by Gasteiger charge is 2.25. The topological polar surface area (TPSA) is 99.7 Å². The Labute approximate surface area is 116 Å². The maximum atomic E-state index is 11.0. The molecular formula is C12H11N2O5S+. The smallest absolute Gasteiger partial charge is 0.451 e. The van der Waals surface area contributed by atoms with E-state index in [1.165, 1.54) is 12.1 Å². The van der Waals surface area contributed by atoms with Gasteiger partial charge in [0.05, 0.1) is 0 Å². The van der Waals surface area contributed by atoms with Crippen LogP contribution in [0.15, 0.2) is 47.5 Å². The van der Waals surface area contributed by atoms with Crippen LogP contribution >= 0.6 is 0 Å². The molecule has 1 aromatic carbocycles. The molecule has 0 bridgehead atoms. The highest BCUT2D eigenvalue weighted by atomic mass is 32.2. The van der Waals surface area contributed by atoms with Crippen molar-refractivity contribution < 1.29 is 23.6 Å². The van der Waals surface area contributed by atoms with E-state index >= 15 is 0 Å². The minimum atomic E-state index is -2.35. The molecule has 2 rings (SSSR count). The van der Waals surface area contributed by atoms with Gasteiger partial charge in [-0.3, -0.25) is 4.55 Å². The molecular weight excluding hydrogens is 284 g/mol. The van der Waals surface area contributed by atoms with Gasteiger partial charge in [0, 0.05) is 6.07 Å². The zero-order chi connectivity index (χ0) is 14.5. The molecule has 0 saturated heterocycles. The van der Waals surface area contributed by atoms with Crippen molar-refractivity contribution in [2.24, 2.45) is 0 Å². The van der Waals surface area contributed by atoms with Crippen LogP contribution in [0.2, 0.25) is 0 Å². The molecule has 0 radical (unpaired) electrons. The molecule has 7 nitrogen and oxygen atoms in total. The van der Waals surface area contributed by atoms with Crippen molar-refractivity contribution in [3.63, 3.8) is 0 Å². The van der Waals surface area contributed by atoms with Gasteiger partial charge < -0.3 is 9.94 Å². The molecule has 20 heavy (non-hydrogen) atoms. The van der Waals surface area contributed by atoms with Gasteiger partial charge in [-0.15, -0.1) is 0 Å². The molecule has 0 amide bonds. The van der Waals surface area contributed by atoms with Gasteiger partial charge in [-0.1, -0.05) is 30.3 Å². The molecule has 104 valence electrons. The maximum Gasteiger partial charge on any atom is 0.451 e. The van der Waals surface area contributed by atoms with Gasteiger partial charge in [-0.25, -0.2) is 4.21 Å². The van der Waals surface area contributed by atoms with Crippen LogP contribution in [0.3, 0.4) is 0 Å². The number of aromatic nitrogens is 1. The van der Waals surface area contributed by atoms with Crippen LogP contribution in [-0.2, 0) is 17.7 Å². The zero-order valence-corrected chi connectivity index (χ0v) is 11.0. The lowest BCUT2D eigenvalue weighted by molar-refractivity contribution is -0.732. The van der Waals surface area contributed by atoms with Crippen LogP contribution < -0.4 is 4.74 Å². The highest BCUT2D eigenvalue weighted by Crippen LogP contribution is 2.25. The van der Waals surface area contributed by atoms with Gasteiger partial charge in [0.25, 0.3) is 5.03 Å². The second-order valence-electron chi connectivity index (χ2n) is 3.77. The van der Waals surface area contributed by atoms with E-state index in [9.17, 15) is 9.12 Å². The molecule has 1 atom stereocenters. The minimum Gasteiger partial charge on any atom is -0.481 e. The number of hydrogen-bond acceptors (Lipinski definition) is 4. The van der Waals surface area contributed by atoms with Crippen molar-refractivity contribution in [1.29, 1.82) is 0 Å². The van der Waals surface area contributed by atoms with E-state index in [-0.39, 0.29) is 17.4 Å². The van der Waals surface area contributed by atoms with E-state index in [2.05, 4.69) is 4.98 Å². The third kappa shape index (κ3) is 3.37. The van der Waals surface area contributed by atoms with E-state index in [0.29, 0.717) is 0 Å². The van der Waals surface area contributed by atoms with E-state index in [4.69, 9.17) is 14.5 Å². The van der Waals surface area contributed by atoms with Crippen LogP contribution in [-0.4, -0.2) is 23.9 Å². The lowest BCUT2D eigenvalue weighted by atomic mass is 10.2. The van der Waals surface area contributed by atoms with Gasteiger partial charge >= 0.3 is 5.82 Å². The predicted octanol–water partition coefficient (Wildman–Crippen LogP) is 2.04. The Hall–Kier alpha value is -2.32. The van der Waals surface area contributed by atoms with Crippen LogP contribution in [0.5, 0.6) is 5.75 Å². The molecule has 8 heteroatoms. The first-order chi connectivity index (χ1) is 9.58. The summed E-state index contributed by atoms with van der Waals surface area (Å²) in [4.78, 5) is 14.1. The van der Waals surface area contributed by atoms with E-state index in [1.807, 2.05) is 30.3 Å².